The Labute approximate surface area is 110 Å². The van der Waals surface area contributed by atoms with Crippen molar-refractivity contribution in [2.24, 2.45) is 11.7 Å². The van der Waals surface area contributed by atoms with Crippen molar-refractivity contribution >= 4 is 17.7 Å². The number of nitrogens with two attached hydrogens (primary N) is 1. The number of nitrogens with zero attached hydrogens (tertiary/aromatic N) is 3. The number of esters is 1. The third kappa shape index (κ3) is 2.98. The summed E-state index contributed by atoms with van der Waals surface area (Å²) in [6.45, 7) is 1.28. The van der Waals surface area contributed by atoms with Crippen molar-refractivity contribution in [1.82, 2.24) is 9.97 Å². The third-order valence-corrected chi connectivity index (χ3v) is 3.16. The molecule has 7 nitrogen and oxygen atoms in total. The molecule has 0 aliphatic carbocycles. The highest BCUT2D eigenvalue weighted by Gasteiger charge is 2.25. The molecule has 1 saturated heterocycles. The van der Waals surface area contributed by atoms with Crippen LogP contribution in [0.3, 0.4) is 0 Å². The van der Waals surface area contributed by atoms with Crippen LogP contribution in [0, 0.1) is 5.92 Å². The highest BCUT2D eigenvalue weighted by atomic mass is 16.5. The molecule has 2 heterocycles. The van der Waals surface area contributed by atoms with Crippen molar-refractivity contribution in [3.8, 4) is 0 Å². The Morgan fingerprint density at radius 3 is 2.95 bits per heavy atom. The fraction of sp³-hybridized carbons (Fsp3) is 0.500. The van der Waals surface area contributed by atoms with Gasteiger partial charge in [-0.25, -0.2) is 9.78 Å². The van der Waals surface area contributed by atoms with Crippen LogP contribution in [0.5, 0.6) is 0 Å². The molecule has 0 spiro atoms. The normalized spacial score (nSPS) is 19.0. The van der Waals surface area contributed by atoms with Crippen LogP contribution < -0.4 is 10.6 Å². The molecule has 2 rings (SSSR count). The molecule has 1 aliphatic rings. The highest BCUT2D eigenvalue weighted by Crippen LogP contribution is 2.21. The Morgan fingerprint density at radius 2 is 2.26 bits per heavy atom. The molecule has 1 fully saturated rings. The number of ether oxygens (including phenoxy) is 1. The van der Waals surface area contributed by atoms with Crippen molar-refractivity contribution in [1.29, 1.82) is 0 Å². The minimum absolute atomic E-state index is 0.154. The first-order valence-corrected chi connectivity index (χ1v) is 6.06. The van der Waals surface area contributed by atoms with Crippen LogP contribution in [0.2, 0.25) is 0 Å². The molecule has 7 heteroatoms. The van der Waals surface area contributed by atoms with Crippen molar-refractivity contribution in [2.45, 2.75) is 12.8 Å². The summed E-state index contributed by atoms with van der Waals surface area (Å²) in [5.74, 6) is -0.453. The summed E-state index contributed by atoms with van der Waals surface area (Å²) in [6, 6.07) is 0. The number of carbonyl (C=O) groups is 2. The first kappa shape index (κ1) is 13.3. The second kappa shape index (κ2) is 5.64. The van der Waals surface area contributed by atoms with Gasteiger partial charge in [0.05, 0.1) is 25.4 Å². The zero-order chi connectivity index (χ0) is 13.8. The summed E-state index contributed by atoms with van der Waals surface area (Å²) in [5.41, 5.74) is 5.49. The van der Waals surface area contributed by atoms with Crippen LogP contribution in [-0.2, 0) is 9.53 Å². The summed E-state index contributed by atoms with van der Waals surface area (Å²) in [5, 5.41) is 0. The predicted molar refractivity (Wildman–Crippen MR) is 67.5 cm³/mol. The molecule has 0 saturated carbocycles. The van der Waals surface area contributed by atoms with E-state index in [-0.39, 0.29) is 17.5 Å². The van der Waals surface area contributed by atoms with Gasteiger partial charge in [0.1, 0.15) is 5.82 Å². The van der Waals surface area contributed by atoms with Gasteiger partial charge in [0, 0.05) is 13.1 Å². The average molecular weight is 264 g/mol. The van der Waals surface area contributed by atoms with Gasteiger partial charge in [-0.1, -0.05) is 0 Å². The lowest BCUT2D eigenvalue weighted by Gasteiger charge is -2.31. The molecule has 102 valence electrons. The predicted octanol–water partition coefficient (Wildman–Crippen LogP) is -0.0351. The van der Waals surface area contributed by atoms with Crippen molar-refractivity contribution < 1.29 is 14.3 Å². The van der Waals surface area contributed by atoms with E-state index < -0.39 is 5.97 Å². The van der Waals surface area contributed by atoms with Crippen LogP contribution >= 0.6 is 0 Å². The molecule has 1 atom stereocenters. The number of piperidine rings is 1. The monoisotopic (exact) mass is 264 g/mol. The van der Waals surface area contributed by atoms with Gasteiger partial charge in [-0.3, -0.25) is 9.78 Å². The number of aromatic nitrogens is 2. The third-order valence-electron chi connectivity index (χ3n) is 3.16. The maximum absolute atomic E-state index is 11.4. The molecular weight excluding hydrogens is 248 g/mol. The SMILES string of the molecule is COC(=O)c1cncc(N2CCCC(C(N)=O)C2)n1. The summed E-state index contributed by atoms with van der Waals surface area (Å²) < 4.78 is 4.60. The smallest absolute Gasteiger partial charge is 0.358 e. The standard InChI is InChI=1S/C12H16N4O3/c1-19-12(18)9-5-14-6-10(15-9)16-4-2-3-8(7-16)11(13)17/h5-6,8H,2-4,7H2,1H3,(H2,13,17). The summed E-state index contributed by atoms with van der Waals surface area (Å²) in [7, 11) is 1.29. The number of rotatable bonds is 3. The van der Waals surface area contributed by atoms with Gasteiger partial charge in [-0.15, -0.1) is 0 Å². The van der Waals surface area contributed by atoms with Gasteiger partial charge in [-0.05, 0) is 12.8 Å². The molecule has 0 bridgehead atoms. The Balaban J connectivity index is 2.17. The molecule has 0 radical (unpaired) electrons. The Kier molecular flexibility index (Phi) is 3.94. The van der Waals surface area contributed by atoms with E-state index in [4.69, 9.17) is 5.73 Å². The van der Waals surface area contributed by atoms with E-state index in [1.165, 1.54) is 13.3 Å². The van der Waals surface area contributed by atoms with E-state index in [9.17, 15) is 9.59 Å². The second-order valence-corrected chi connectivity index (χ2v) is 4.44. The van der Waals surface area contributed by atoms with E-state index in [0.29, 0.717) is 12.4 Å². The van der Waals surface area contributed by atoms with Gasteiger partial charge in [0.2, 0.25) is 5.91 Å². The molecule has 0 aromatic carbocycles. The quantitative estimate of drug-likeness (QED) is 0.769. The Hall–Kier alpha value is -2.18. The number of primary amides is 1. The first-order chi connectivity index (χ1) is 9.11. The minimum Gasteiger partial charge on any atom is -0.464 e. The second-order valence-electron chi connectivity index (χ2n) is 4.44. The molecule has 2 N–H and O–H groups in total. The van der Waals surface area contributed by atoms with Crippen molar-refractivity contribution in [3.63, 3.8) is 0 Å². The molecule has 1 aromatic heterocycles. The van der Waals surface area contributed by atoms with Crippen molar-refractivity contribution in [3.05, 3.63) is 18.1 Å². The van der Waals surface area contributed by atoms with E-state index >= 15 is 0 Å². The summed E-state index contributed by atoms with van der Waals surface area (Å²) in [4.78, 5) is 32.7. The van der Waals surface area contributed by atoms with Crippen molar-refractivity contribution in [2.75, 3.05) is 25.1 Å². The van der Waals surface area contributed by atoms with E-state index in [0.717, 1.165) is 19.4 Å². The lowest BCUT2D eigenvalue weighted by atomic mass is 9.97. The average Bonchev–Trinajstić information content (AvgIpc) is 2.46. The lowest BCUT2D eigenvalue weighted by molar-refractivity contribution is -0.122. The molecule has 1 aromatic rings. The zero-order valence-corrected chi connectivity index (χ0v) is 10.7. The number of carbonyl (C=O) groups excluding carboxylic acids is 2. The van der Waals surface area contributed by atoms with Crippen LogP contribution in [0.4, 0.5) is 5.82 Å². The first-order valence-electron chi connectivity index (χ1n) is 6.06. The fourth-order valence-electron chi connectivity index (χ4n) is 2.13. The van der Waals surface area contributed by atoms with Gasteiger partial charge < -0.3 is 15.4 Å². The van der Waals surface area contributed by atoms with Gasteiger partial charge in [0.25, 0.3) is 0 Å². The molecule has 19 heavy (non-hydrogen) atoms. The highest BCUT2D eigenvalue weighted by molar-refractivity contribution is 5.87. The number of hydrogen-bond acceptors (Lipinski definition) is 6. The largest absolute Gasteiger partial charge is 0.464 e. The van der Waals surface area contributed by atoms with Crippen LogP contribution in [0.15, 0.2) is 12.4 Å². The Bertz CT molecular complexity index is 492. The summed E-state index contributed by atoms with van der Waals surface area (Å²) in [6.07, 6.45) is 4.56. The van der Waals surface area contributed by atoms with E-state index in [1.54, 1.807) is 6.20 Å². The zero-order valence-electron chi connectivity index (χ0n) is 10.7. The summed E-state index contributed by atoms with van der Waals surface area (Å²) >= 11 is 0. The lowest BCUT2D eigenvalue weighted by Crippen LogP contribution is -2.41. The number of methoxy groups -OCH3 is 1. The maximum atomic E-state index is 11.4. The fourth-order valence-corrected chi connectivity index (χ4v) is 2.13. The molecule has 1 unspecified atom stereocenters. The van der Waals surface area contributed by atoms with Crippen LogP contribution in [-0.4, -0.2) is 42.0 Å². The Morgan fingerprint density at radius 1 is 1.47 bits per heavy atom. The minimum atomic E-state index is -0.530. The number of hydrogen-bond donors (Lipinski definition) is 1. The van der Waals surface area contributed by atoms with Gasteiger partial charge in [0.15, 0.2) is 5.69 Å². The van der Waals surface area contributed by atoms with E-state index in [2.05, 4.69) is 14.7 Å². The molecule has 1 amide bonds. The molecular formula is C12H16N4O3. The maximum Gasteiger partial charge on any atom is 0.358 e. The topological polar surface area (TPSA) is 98.4 Å². The van der Waals surface area contributed by atoms with Crippen LogP contribution in [0.1, 0.15) is 23.3 Å². The number of amides is 1. The number of anilines is 1. The van der Waals surface area contributed by atoms with Gasteiger partial charge in [-0.2, -0.15) is 0 Å². The van der Waals surface area contributed by atoms with E-state index in [1.807, 2.05) is 4.90 Å². The van der Waals surface area contributed by atoms with Crippen LogP contribution in [0.25, 0.3) is 0 Å². The molecule has 1 aliphatic heterocycles. The van der Waals surface area contributed by atoms with Gasteiger partial charge >= 0.3 is 5.97 Å².